The van der Waals surface area contributed by atoms with Crippen molar-refractivity contribution in [3.63, 3.8) is 0 Å². The maximum absolute atomic E-state index is 12.5. The van der Waals surface area contributed by atoms with Gasteiger partial charge >= 0.3 is 0 Å². The summed E-state index contributed by atoms with van der Waals surface area (Å²) in [4.78, 5) is 12.5. The maximum Gasteiger partial charge on any atom is 0.272 e. The number of H-pyrrole nitrogens is 2. The molecule has 2 aromatic heterocycles. The van der Waals surface area contributed by atoms with E-state index >= 15 is 0 Å². The summed E-state index contributed by atoms with van der Waals surface area (Å²) in [5, 5.41) is 7.26. The second-order valence-electron chi connectivity index (χ2n) is 7.00. The Labute approximate surface area is 134 Å². The highest BCUT2D eigenvalue weighted by molar-refractivity contribution is 5.98. The lowest BCUT2D eigenvalue weighted by Gasteiger charge is -2.14. The molecule has 1 aliphatic carbocycles. The van der Waals surface area contributed by atoms with Gasteiger partial charge < -0.3 is 9.67 Å². The molecule has 0 amide bonds. The Bertz CT molecular complexity index is 937. The third-order valence-electron chi connectivity index (χ3n) is 5.67. The van der Waals surface area contributed by atoms with Crippen molar-refractivity contribution in [2.24, 2.45) is 0 Å². The van der Waals surface area contributed by atoms with E-state index in [1.54, 1.807) is 0 Å². The van der Waals surface area contributed by atoms with Gasteiger partial charge in [0.2, 0.25) is 0 Å². The first-order chi connectivity index (χ1) is 11.3. The van der Waals surface area contributed by atoms with Crippen LogP contribution in [-0.4, -0.2) is 14.8 Å². The van der Waals surface area contributed by atoms with Gasteiger partial charge in [-0.2, -0.15) is 0 Å². The number of nitrogens with one attached hydrogen (secondary N) is 2. The van der Waals surface area contributed by atoms with Crippen LogP contribution in [-0.2, 0) is 13.0 Å². The number of rotatable bonds is 2. The Morgan fingerprint density at radius 1 is 1.09 bits per heavy atom. The van der Waals surface area contributed by atoms with Gasteiger partial charge in [0.25, 0.3) is 5.56 Å². The Kier molecular flexibility index (Phi) is 2.81. The summed E-state index contributed by atoms with van der Waals surface area (Å²) in [6, 6.07) is 6.52. The molecule has 0 saturated heterocycles. The lowest BCUT2D eigenvalue weighted by atomic mass is 9.95. The summed E-state index contributed by atoms with van der Waals surface area (Å²) in [5.74, 6) is 0.496. The number of hydrogen-bond donors (Lipinski definition) is 2. The maximum atomic E-state index is 12.5. The number of aromatic amines is 2. The highest BCUT2D eigenvalue weighted by Crippen LogP contribution is 2.40. The molecular weight excluding hydrogens is 286 g/mol. The Balaban J connectivity index is 1.78. The molecular formula is C19H21N3O. The fourth-order valence-corrected chi connectivity index (χ4v) is 4.61. The summed E-state index contributed by atoms with van der Waals surface area (Å²) in [6.07, 6.45) is 9.42. The van der Waals surface area contributed by atoms with E-state index in [-0.39, 0.29) is 5.56 Å². The molecule has 4 nitrogen and oxygen atoms in total. The number of aryl methyl sites for hydroxylation is 2. The monoisotopic (exact) mass is 307 g/mol. The highest BCUT2D eigenvalue weighted by atomic mass is 16.1. The van der Waals surface area contributed by atoms with Crippen LogP contribution < -0.4 is 5.56 Å². The predicted octanol–water partition coefficient (Wildman–Crippen LogP) is 3.93. The van der Waals surface area contributed by atoms with Crippen LogP contribution in [0.25, 0.3) is 22.0 Å². The van der Waals surface area contributed by atoms with E-state index in [0.29, 0.717) is 5.92 Å². The summed E-state index contributed by atoms with van der Waals surface area (Å²) in [6.45, 7) is 1.05. The van der Waals surface area contributed by atoms with Crippen molar-refractivity contribution in [3.8, 4) is 11.1 Å². The Morgan fingerprint density at radius 2 is 1.96 bits per heavy atom. The van der Waals surface area contributed by atoms with Gasteiger partial charge in [-0.1, -0.05) is 31.0 Å². The van der Waals surface area contributed by atoms with Crippen molar-refractivity contribution in [3.05, 3.63) is 46.0 Å². The molecule has 118 valence electrons. The third kappa shape index (κ3) is 1.87. The highest BCUT2D eigenvalue weighted by Gasteiger charge is 2.26. The molecule has 0 spiro atoms. The zero-order chi connectivity index (χ0) is 15.4. The Morgan fingerprint density at radius 3 is 2.83 bits per heavy atom. The van der Waals surface area contributed by atoms with E-state index in [1.165, 1.54) is 48.6 Å². The summed E-state index contributed by atoms with van der Waals surface area (Å²) >= 11 is 0. The summed E-state index contributed by atoms with van der Waals surface area (Å²) in [7, 11) is 0. The van der Waals surface area contributed by atoms with Crippen molar-refractivity contribution in [1.29, 1.82) is 0 Å². The van der Waals surface area contributed by atoms with E-state index < -0.39 is 0 Å². The average molecular weight is 307 g/mol. The number of nitrogens with zero attached hydrogens (tertiary/aromatic N) is 1. The minimum atomic E-state index is 0.0237. The first-order valence-electron chi connectivity index (χ1n) is 8.74. The molecule has 0 bridgehead atoms. The minimum absolute atomic E-state index is 0.0237. The third-order valence-corrected chi connectivity index (χ3v) is 5.67. The predicted molar refractivity (Wildman–Crippen MR) is 91.9 cm³/mol. The number of aromatic nitrogens is 3. The molecule has 3 heterocycles. The number of hydrogen-bond acceptors (Lipinski definition) is 1. The average Bonchev–Trinajstić information content (AvgIpc) is 3.28. The molecule has 1 aromatic carbocycles. The minimum Gasteiger partial charge on any atom is -0.347 e. The zero-order valence-corrected chi connectivity index (χ0v) is 13.2. The van der Waals surface area contributed by atoms with Gasteiger partial charge in [0, 0.05) is 35.3 Å². The molecule has 1 fully saturated rings. The molecule has 2 N–H and O–H groups in total. The fourth-order valence-electron chi connectivity index (χ4n) is 4.61. The molecule has 3 aromatic rings. The van der Waals surface area contributed by atoms with Gasteiger partial charge in [0.05, 0.1) is 11.1 Å². The van der Waals surface area contributed by atoms with Gasteiger partial charge in [-0.05, 0) is 31.2 Å². The van der Waals surface area contributed by atoms with Crippen LogP contribution in [0.4, 0.5) is 0 Å². The molecule has 1 saturated carbocycles. The second-order valence-corrected chi connectivity index (χ2v) is 7.00. The molecule has 2 aliphatic rings. The van der Waals surface area contributed by atoms with Gasteiger partial charge in [-0.15, -0.1) is 0 Å². The molecule has 0 unspecified atom stereocenters. The first kappa shape index (κ1) is 13.2. The van der Waals surface area contributed by atoms with E-state index in [4.69, 9.17) is 0 Å². The van der Waals surface area contributed by atoms with E-state index in [2.05, 4.69) is 39.2 Å². The van der Waals surface area contributed by atoms with Crippen LogP contribution in [0.15, 0.2) is 29.2 Å². The molecule has 0 radical (unpaired) electrons. The first-order valence-corrected chi connectivity index (χ1v) is 8.74. The van der Waals surface area contributed by atoms with E-state index in [0.717, 1.165) is 29.8 Å². The van der Waals surface area contributed by atoms with Crippen molar-refractivity contribution in [2.75, 3.05) is 0 Å². The lowest BCUT2D eigenvalue weighted by Crippen LogP contribution is -2.05. The van der Waals surface area contributed by atoms with Crippen molar-refractivity contribution < 1.29 is 0 Å². The van der Waals surface area contributed by atoms with Crippen LogP contribution in [0.2, 0.25) is 0 Å². The van der Waals surface area contributed by atoms with E-state index in [1.807, 2.05) is 0 Å². The van der Waals surface area contributed by atoms with Crippen LogP contribution in [0.3, 0.4) is 0 Å². The fraction of sp³-hybridized carbons (Fsp3) is 0.421. The van der Waals surface area contributed by atoms with Crippen molar-refractivity contribution >= 4 is 10.9 Å². The van der Waals surface area contributed by atoms with Gasteiger partial charge in [0.15, 0.2) is 0 Å². The van der Waals surface area contributed by atoms with Crippen LogP contribution in [0.5, 0.6) is 0 Å². The quantitative estimate of drug-likeness (QED) is 0.740. The largest absolute Gasteiger partial charge is 0.347 e. The van der Waals surface area contributed by atoms with Gasteiger partial charge in [-0.3, -0.25) is 9.89 Å². The smallest absolute Gasteiger partial charge is 0.272 e. The molecule has 0 atom stereocenters. The number of para-hydroxylation sites is 1. The molecule has 23 heavy (non-hydrogen) atoms. The topological polar surface area (TPSA) is 53.6 Å². The SMILES string of the molecule is O=c1[nH][nH]c(C2CCCC2)c1-c1cn2c3c(cccc13)CCC2. The lowest BCUT2D eigenvalue weighted by molar-refractivity contribution is 0.636. The normalized spacial score (nSPS) is 18.1. The summed E-state index contributed by atoms with van der Waals surface area (Å²) in [5.41, 5.74) is 5.86. The van der Waals surface area contributed by atoms with Crippen LogP contribution in [0, 0.1) is 0 Å². The molecule has 5 rings (SSSR count). The van der Waals surface area contributed by atoms with Crippen molar-refractivity contribution in [1.82, 2.24) is 14.8 Å². The van der Waals surface area contributed by atoms with Crippen LogP contribution >= 0.6 is 0 Å². The number of benzene rings is 1. The molecule has 4 heteroatoms. The standard InChI is InChI=1S/C19H21N3O/c23-19-16(17(20-21-19)12-5-1-2-6-12)15-11-22-10-4-8-13-7-3-9-14(15)18(13)22/h3,7,9,11-12H,1-2,4-6,8,10H2,(H2,20,21,23). The Hall–Kier alpha value is -2.23. The zero-order valence-electron chi connectivity index (χ0n) is 13.2. The van der Waals surface area contributed by atoms with Crippen molar-refractivity contribution in [2.45, 2.75) is 51.0 Å². The van der Waals surface area contributed by atoms with Gasteiger partial charge in [0.1, 0.15) is 0 Å². The molecule has 1 aliphatic heterocycles. The van der Waals surface area contributed by atoms with E-state index in [9.17, 15) is 4.79 Å². The van der Waals surface area contributed by atoms with Gasteiger partial charge in [-0.25, -0.2) is 0 Å². The second kappa shape index (κ2) is 4.88. The summed E-state index contributed by atoms with van der Waals surface area (Å²) < 4.78 is 2.34. The van der Waals surface area contributed by atoms with Crippen LogP contribution in [0.1, 0.15) is 49.3 Å².